The van der Waals surface area contributed by atoms with Gasteiger partial charge in [0.05, 0.1) is 15.3 Å². The Labute approximate surface area is 245 Å². The van der Waals surface area contributed by atoms with Gasteiger partial charge < -0.3 is 5.11 Å². The summed E-state index contributed by atoms with van der Waals surface area (Å²) in [5.41, 5.74) is -0.907. The van der Waals surface area contributed by atoms with Crippen molar-refractivity contribution in [1.29, 1.82) is 0 Å². The Kier molecular flexibility index (Phi) is 5.07. The Morgan fingerprint density at radius 3 is 2.28 bits per heavy atom. The summed E-state index contributed by atoms with van der Waals surface area (Å²) in [7, 11) is 1.92. The number of non-ortho nitro benzene ring substituents is 2. The third kappa shape index (κ3) is 2.90. The number of rotatable bonds is 4. The molecule has 10 heteroatoms. The van der Waals surface area contributed by atoms with E-state index in [1.54, 1.807) is 30.3 Å². The zero-order chi connectivity index (χ0) is 29.9. The number of likely N-dealkylation sites (tertiary alicyclic amines) is 1. The first kappa shape index (κ1) is 25.9. The summed E-state index contributed by atoms with van der Waals surface area (Å²) < 4.78 is 0. The van der Waals surface area contributed by atoms with Crippen molar-refractivity contribution in [1.82, 2.24) is 9.80 Å². The lowest BCUT2D eigenvalue weighted by atomic mass is 9.57. The van der Waals surface area contributed by atoms with Gasteiger partial charge >= 0.3 is 0 Å². The van der Waals surface area contributed by atoms with Crippen LogP contribution in [0.2, 0.25) is 0 Å². The number of likely N-dealkylation sites (N-methyl/N-ethyl adjacent to an activating group) is 1. The molecule has 3 heterocycles. The summed E-state index contributed by atoms with van der Waals surface area (Å²) >= 11 is 0. The number of ketones is 1. The molecule has 5 atom stereocenters. The number of nitrogens with zero attached hydrogens (tertiary/aromatic N) is 4. The van der Waals surface area contributed by atoms with Gasteiger partial charge in [0.1, 0.15) is 5.54 Å². The number of aliphatic hydroxyl groups is 1. The standard InChI is InChI=1S/C33H26N4O6/c1-34-18-28(22-9-3-11-25(16-22)37(42)43)31-19-35(17-23(30(31)38)14-20-6-2-10-24(15-20)36(40)41)33(39)27-13-5-8-21-7-4-12-26(29(21)27)32(31,33)34/h2-16,28,39H,17-19H2,1H3/b23-14+/t28-,31+,32-,33?/m1/s1. The van der Waals surface area contributed by atoms with Crippen molar-refractivity contribution >= 4 is 34.0 Å². The van der Waals surface area contributed by atoms with Gasteiger partial charge in [-0.1, -0.05) is 60.7 Å². The number of carbonyl (C=O) groups excluding carboxylic acids is 1. The van der Waals surface area contributed by atoms with Crippen molar-refractivity contribution in [3.8, 4) is 0 Å². The zero-order valence-corrected chi connectivity index (χ0v) is 23.1. The van der Waals surface area contributed by atoms with Gasteiger partial charge in [0.15, 0.2) is 11.5 Å². The number of benzene rings is 4. The van der Waals surface area contributed by atoms with Gasteiger partial charge in [-0.2, -0.15) is 0 Å². The molecule has 1 aliphatic carbocycles. The van der Waals surface area contributed by atoms with Gasteiger partial charge in [-0.25, -0.2) is 0 Å². The van der Waals surface area contributed by atoms with Crippen LogP contribution in [0.3, 0.4) is 0 Å². The van der Waals surface area contributed by atoms with Crippen LogP contribution in [0.15, 0.2) is 90.5 Å². The van der Waals surface area contributed by atoms with Crippen LogP contribution in [0.25, 0.3) is 16.8 Å². The van der Waals surface area contributed by atoms with E-state index < -0.39 is 32.4 Å². The molecule has 10 nitrogen and oxygen atoms in total. The highest BCUT2D eigenvalue weighted by atomic mass is 16.6. The molecule has 43 heavy (non-hydrogen) atoms. The predicted octanol–water partition coefficient (Wildman–Crippen LogP) is 4.71. The minimum atomic E-state index is -1.58. The van der Waals surface area contributed by atoms with E-state index in [0.717, 1.165) is 21.9 Å². The van der Waals surface area contributed by atoms with E-state index in [0.29, 0.717) is 23.2 Å². The highest BCUT2D eigenvalue weighted by Gasteiger charge is 2.85. The molecule has 2 bridgehead atoms. The van der Waals surface area contributed by atoms with E-state index in [9.17, 15) is 25.3 Å². The molecule has 0 amide bonds. The van der Waals surface area contributed by atoms with Gasteiger partial charge in [0.2, 0.25) is 0 Å². The van der Waals surface area contributed by atoms with Crippen LogP contribution in [0.4, 0.5) is 11.4 Å². The first-order valence-corrected chi connectivity index (χ1v) is 14.1. The summed E-state index contributed by atoms with van der Waals surface area (Å²) in [6.45, 7) is 0.774. The Morgan fingerprint density at radius 1 is 0.907 bits per heavy atom. The van der Waals surface area contributed by atoms with Gasteiger partial charge in [-0.15, -0.1) is 0 Å². The van der Waals surface area contributed by atoms with E-state index in [4.69, 9.17) is 0 Å². The summed E-state index contributed by atoms with van der Waals surface area (Å²) in [4.78, 5) is 41.6. The first-order chi connectivity index (χ1) is 20.6. The first-order valence-electron chi connectivity index (χ1n) is 14.1. The Balaban J connectivity index is 1.42. The average Bonchev–Trinajstić information content (AvgIpc) is 3.49. The normalized spacial score (nSPS) is 31.4. The lowest BCUT2D eigenvalue weighted by molar-refractivity contribution is -0.385. The number of Topliss-reactive ketones (excluding diaryl/α,β-unsaturated/α-hetero) is 1. The van der Waals surface area contributed by atoms with Gasteiger partial charge in [0.25, 0.3) is 11.4 Å². The number of fused-ring (bicyclic) bond motifs is 3. The molecule has 4 aliphatic rings. The SMILES string of the molecule is CN1C[C@H](c2cccc([N+](=O)[O-])c2)[C@@]23CN(C/C(=C\c4cccc([N+](=O)[O-])c4)C2=O)C2(O)c4cccc5cccc(c45)[C@]123. The van der Waals surface area contributed by atoms with Crippen LogP contribution in [0, 0.1) is 25.6 Å². The van der Waals surface area contributed by atoms with Crippen LogP contribution >= 0.6 is 0 Å². The highest BCUT2D eigenvalue weighted by molar-refractivity contribution is 6.09. The fraction of sp³-hybridized carbons (Fsp3) is 0.242. The van der Waals surface area contributed by atoms with Crippen LogP contribution in [0.1, 0.15) is 28.2 Å². The largest absolute Gasteiger partial charge is 0.369 e. The summed E-state index contributed by atoms with van der Waals surface area (Å²) in [6.07, 6.45) is 1.69. The molecule has 4 aromatic rings. The third-order valence-corrected chi connectivity index (χ3v) is 10.3. The average molecular weight is 575 g/mol. The molecule has 3 saturated heterocycles. The molecule has 3 fully saturated rings. The molecular formula is C33H26N4O6. The highest BCUT2D eigenvalue weighted by Crippen LogP contribution is 2.76. The Morgan fingerprint density at radius 2 is 1.56 bits per heavy atom. The van der Waals surface area contributed by atoms with E-state index in [1.807, 2.05) is 54.4 Å². The lowest BCUT2D eigenvalue weighted by Crippen LogP contribution is -2.60. The van der Waals surface area contributed by atoms with Crippen LogP contribution in [-0.2, 0) is 16.1 Å². The molecule has 2 spiro atoms. The molecule has 1 N–H and O–H groups in total. The number of carbonyl (C=O) groups is 1. The van der Waals surface area contributed by atoms with Crippen molar-refractivity contribution in [2.24, 2.45) is 5.41 Å². The van der Waals surface area contributed by atoms with Gasteiger partial charge in [-0.3, -0.25) is 34.8 Å². The second-order valence-corrected chi connectivity index (χ2v) is 12.1. The molecule has 0 saturated carbocycles. The quantitative estimate of drug-likeness (QED) is 0.211. The monoisotopic (exact) mass is 574 g/mol. The van der Waals surface area contributed by atoms with Crippen LogP contribution in [0.5, 0.6) is 0 Å². The molecule has 4 aromatic carbocycles. The molecule has 214 valence electrons. The third-order valence-electron chi connectivity index (χ3n) is 10.3. The molecule has 0 radical (unpaired) electrons. The Bertz CT molecular complexity index is 1970. The van der Waals surface area contributed by atoms with Crippen LogP contribution in [-0.4, -0.2) is 57.2 Å². The molecule has 8 rings (SSSR count). The molecule has 3 aliphatic heterocycles. The molecule has 2 unspecified atom stereocenters. The number of hydrogen-bond acceptors (Lipinski definition) is 8. The molecule has 0 aromatic heterocycles. The predicted molar refractivity (Wildman–Crippen MR) is 158 cm³/mol. The lowest BCUT2D eigenvalue weighted by Gasteiger charge is -2.47. The van der Waals surface area contributed by atoms with Crippen molar-refractivity contribution in [3.63, 3.8) is 0 Å². The number of nitro benzene ring substituents is 2. The van der Waals surface area contributed by atoms with E-state index in [1.165, 1.54) is 18.2 Å². The van der Waals surface area contributed by atoms with Crippen molar-refractivity contribution in [2.75, 3.05) is 26.7 Å². The minimum Gasteiger partial charge on any atom is -0.369 e. The topological polar surface area (TPSA) is 130 Å². The maximum Gasteiger partial charge on any atom is 0.270 e. The fourth-order valence-electron chi connectivity index (χ4n) is 8.95. The number of hydrogen-bond donors (Lipinski definition) is 1. The summed E-state index contributed by atoms with van der Waals surface area (Å²) in [5, 5.41) is 38.4. The van der Waals surface area contributed by atoms with Crippen molar-refractivity contribution in [3.05, 3.63) is 133 Å². The molecular weight excluding hydrogens is 548 g/mol. The summed E-state index contributed by atoms with van der Waals surface area (Å²) in [5.74, 6) is -0.642. The Hall–Kier alpha value is -4.77. The van der Waals surface area contributed by atoms with E-state index in [2.05, 4.69) is 4.90 Å². The second-order valence-electron chi connectivity index (χ2n) is 12.1. The summed E-state index contributed by atoms with van der Waals surface area (Å²) in [6, 6.07) is 24.4. The smallest absolute Gasteiger partial charge is 0.270 e. The van der Waals surface area contributed by atoms with Crippen molar-refractivity contribution < 1.29 is 19.7 Å². The van der Waals surface area contributed by atoms with Crippen molar-refractivity contribution in [2.45, 2.75) is 17.2 Å². The zero-order valence-electron chi connectivity index (χ0n) is 23.1. The second kappa shape index (κ2) is 8.41. The maximum atomic E-state index is 15.2. The number of nitro groups is 2. The van der Waals surface area contributed by atoms with Crippen LogP contribution < -0.4 is 0 Å². The number of piperidine rings is 1. The minimum absolute atomic E-state index is 0.0601. The van der Waals surface area contributed by atoms with Gasteiger partial charge in [0, 0.05) is 61.0 Å². The van der Waals surface area contributed by atoms with E-state index >= 15 is 4.79 Å². The maximum absolute atomic E-state index is 15.2. The van der Waals surface area contributed by atoms with E-state index in [-0.39, 0.29) is 30.2 Å². The fourth-order valence-corrected chi connectivity index (χ4v) is 8.95. The van der Waals surface area contributed by atoms with Gasteiger partial charge in [-0.05, 0) is 40.6 Å².